The van der Waals surface area contributed by atoms with E-state index in [4.69, 9.17) is 14.4 Å². The number of hydrogen-bond acceptors (Lipinski definition) is 5. The van der Waals surface area contributed by atoms with E-state index in [1.807, 2.05) is 0 Å². The number of benzene rings is 1. The summed E-state index contributed by atoms with van der Waals surface area (Å²) >= 11 is 0. The Hall–Kier alpha value is -3.40. The summed E-state index contributed by atoms with van der Waals surface area (Å²) in [7, 11) is 0. The van der Waals surface area contributed by atoms with E-state index in [2.05, 4.69) is 5.32 Å². The zero-order valence-corrected chi connectivity index (χ0v) is 13.4. The highest BCUT2D eigenvalue weighted by Crippen LogP contribution is 2.13. The van der Waals surface area contributed by atoms with Gasteiger partial charge in [-0.3, -0.25) is 4.79 Å². The van der Waals surface area contributed by atoms with Gasteiger partial charge in [-0.25, -0.2) is 9.18 Å². The van der Waals surface area contributed by atoms with Gasteiger partial charge in [-0.2, -0.15) is 5.26 Å². The molecule has 0 spiro atoms. The zero-order valence-electron chi connectivity index (χ0n) is 13.4. The van der Waals surface area contributed by atoms with Crippen LogP contribution in [0.4, 0.5) is 4.39 Å². The first kappa shape index (κ1) is 17.9. The molecule has 25 heavy (non-hydrogen) atoms. The molecule has 0 fully saturated rings. The summed E-state index contributed by atoms with van der Waals surface area (Å²) in [6.07, 6.45) is 2.62. The quantitative estimate of drug-likeness (QED) is 0.495. The number of halogens is 1. The molecule has 2 aromatic rings. The zero-order chi connectivity index (χ0) is 18.2. The van der Waals surface area contributed by atoms with Crippen molar-refractivity contribution in [2.45, 2.75) is 13.0 Å². The van der Waals surface area contributed by atoms with Crippen molar-refractivity contribution < 1.29 is 23.1 Å². The van der Waals surface area contributed by atoms with E-state index in [-0.39, 0.29) is 17.4 Å². The summed E-state index contributed by atoms with van der Waals surface area (Å²) < 4.78 is 22.7. The molecule has 1 amide bonds. The topological polar surface area (TPSA) is 92.3 Å². The van der Waals surface area contributed by atoms with Gasteiger partial charge in [0, 0.05) is 6.08 Å². The number of amides is 1. The Morgan fingerprint density at radius 1 is 1.36 bits per heavy atom. The van der Waals surface area contributed by atoms with Gasteiger partial charge < -0.3 is 14.5 Å². The molecule has 6 nitrogen and oxygen atoms in total. The first-order valence-corrected chi connectivity index (χ1v) is 7.37. The van der Waals surface area contributed by atoms with Crippen molar-refractivity contribution in [3.05, 3.63) is 65.4 Å². The van der Waals surface area contributed by atoms with Gasteiger partial charge in [0.05, 0.1) is 12.3 Å². The van der Waals surface area contributed by atoms with Crippen LogP contribution in [-0.2, 0) is 14.3 Å². The van der Waals surface area contributed by atoms with Crippen LogP contribution in [0.25, 0.3) is 6.08 Å². The molecule has 0 saturated heterocycles. The van der Waals surface area contributed by atoms with Crippen LogP contribution < -0.4 is 5.32 Å². The van der Waals surface area contributed by atoms with Gasteiger partial charge in [-0.15, -0.1) is 0 Å². The summed E-state index contributed by atoms with van der Waals surface area (Å²) in [6.45, 7) is 1.17. The van der Waals surface area contributed by atoms with Crippen LogP contribution in [-0.4, -0.2) is 18.5 Å². The smallest absolute Gasteiger partial charge is 0.349 e. The van der Waals surface area contributed by atoms with E-state index < -0.39 is 18.5 Å². The molecule has 0 aliphatic carbocycles. The molecule has 0 aliphatic heterocycles. The fourth-order valence-electron chi connectivity index (χ4n) is 1.98. The Labute approximate surface area is 143 Å². The first-order chi connectivity index (χ1) is 12.0. The van der Waals surface area contributed by atoms with Crippen LogP contribution in [0, 0.1) is 17.1 Å². The van der Waals surface area contributed by atoms with Crippen molar-refractivity contribution in [3.63, 3.8) is 0 Å². The predicted molar refractivity (Wildman–Crippen MR) is 86.2 cm³/mol. The summed E-state index contributed by atoms with van der Waals surface area (Å²) in [4.78, 5) is 23.7. The minimum Gasteiger partial charge on any atom is -0.465 e. The third kappa shape index (κ3) is 5.32. The van der Waals surface area contributed by atoms with E-state index in [9.17, 15) is 14.0 Å². The Balaban J connectivity index is 1.87. The van der Waals surface area contributed by atoms with Crippen LogP contribution in [0.15, 0.2) is 52.7 Å². The van der Waals surface area contributed by atoms with Crippen molar-refractivity contribution in [2.24, 2.45) is 0 Å². The van der Waals surface area contributed by atoms with Crippen molar-refractivity contribution >= 4 is 18.0 Å². The molecular weight excluding hydrogens is 327 g/mol. The molecule has 2 rings (SSSR count). The predicted octanol–water partition coefficient (Wildman–Crippen LogP) is 2.75. The highest BCUT2D eigenvalue weighted by molar-refractivity contribution is 5.98. The molecule has 1 aromatic carbocycles. The molecule has 7 heteroatoms. The number of carbonyl (C=O) groups is 2. The van der Waals surface area contributed by atoms with Gasteiger partial charge in [-0.1, -0.05) is 12.1 Å². The molecule has 0 saturated carbocycles. The SMILES string of the molecule is C[C@H](NC(=O)COC(=O)/C(C#N)=C/c1ccco1)c1ccc(F)cc1. The number of nitrogens with zero attached hydrogens (tertiary/aromatic N) is 1. The molecule has 0 bridgehead atoms. The first-order valence-electron chi connectivity index (χ1n) is 7.37. The molecule has 1 aromatic heterocycles. The number of esters is 1. The lowest BCUT2D eigenvalue weighted by Crippen LogP contribution is -2.31. The molecule has 1 atom stereocenters. The summed E-state index contributed by atoms with van der Waals surface area (Å²) in [5.74, 6) is -1.52. The van der Waals surface area contributed by atoms with E-state index in [1.165, 1.54) is 24.5 Å². The monoisotopic (exact) mass is 342 g/mol. The molecule has 128 valence electrons. The molecular formula is C18H15FN2O4. The van der Waals surface area contributed by atoms with E-state index in [0.717, 1.165) is 0 Å². The van der Waals surface area contributed by atoms with Gasteiger partial charge in [0.15, 0.2) is 6.61 Å². The maximum atomic E-state index is 12.9. The maximum Gasteiger partial charge on any atom is 0.349 e. The summed E-state index contributed by atoms with van der Waals surface area (Å²) in [5.41, 5.74) is 0.422. The fraction of sp³-hybridized carbons (Fsp3) is 0.167. The van der Waals surface area contributed by atoms with Crippen molar-refractivity contribution in [3.8, 4) is 6.07 Å². The van der Waals surface area contributed by atoms with Crippen LogP contribution in [0.3, 0.4) is 0 Å². The Morgan fingerprint density at radius 3 is 2.68 bits per heavy atom. The molecule has 1 heterocycles. The minimum atomic E-state index is -0.927. The number of ether oxygens (including phenoxy) is 1. The van der Waals surface area contributed by atoms with Crippen LogP contribution in [0.5, 0.6) is 0 Å². The number of nitriles is 1. The number of hydrogen-bond donors (Lipinski definition) is 1. The number of furan rings is 1. The Morgan fingerprint density at radius 2 is 2.08 bits per heavy atom. The van der Waals surface area contributed by atoms with Crippen molar-refractivity contribution in [2.75, 3.05) is 6.61 Å². The summed E-state index contributed by atoms with van der Waals surface area (Å²) in [6, 6.07) is 10.2. The molecule has 1 N–H and O–H groups in total. The lowest BCUT2D eigenvalue weighted by Gasteiger charge is -2.14. The Kier molecular flexibility index (Phi) is 6.07. The number of carbonyl (C=O) groups excluding carboxylic acids is 2. The maximum absolute atomic E-state index is 12.9. The van der Waals surface area contributed by atoms with Crippen molar-refractivity contribution in [1.29, 1.82) is 5.26 Å². The lowest BCUT2D eigenvalue weighted by atomic mass is 10.1. The molecule has 0 radical (unpaired) electrons. The van der Waals surface area contributed by atoms with E-state index in [1.54, 1.807) is 37.3 Å². The molecule has 0 aliphatic rings. The fourth-order valence-corrected chi connectivity index (χ4v) is 1.98. The van der Waals surface area contributed by atoms with Gasteiger partial charge in [0.1, 0.15) is 23.2 Å². The van der Waals surface area contributed by atoms with Crippen LogP contribution >= 0.6 is 0 Å². The number of rotatable bonds is 6. The Bertz CT molecular complexity index is 805. The standard InChI is InChI=1S/C18H15FN2O4/c1-12(13-4-6-15(19)7-5-13)21-17(22)11-25-18(23)14(10-20)9-16-3-2-8-24-16/h2-9,12H,11H2,1H3,(H,21,22)/b14-9+/t12-/m0/s1. The van der Waals surface area contributed by atoms with Crippen LogP contribution in [0.1, 0.15) is 24.3 Å². The third-order valence-electron chi connectivity index (χ3n) is 3.25. The minimum absolute atomic E-state index is 0.283. The van der Waals surface area contributed by atoms with Gasteiger partial charge >= 0.3 is 5.97 Å². The summed E-state index contributed by atoms with van der Waals surface area (Å²) in [5, 5.41) is 11.6. The number of nitrogens with one attached hydrogen (secondary N) is 1. The highest BCUT2D eigenvalue weighted by Gasteiger charge is 2.15. The lowest BCUT2D eigenvalue weighted by molar-refractivity contribution is -0.144. The van der Waals surface area contributed by atoms with Crippen molar-refractivity contribution in [1.82, 2.24) is 5.32 Å². The normalized spacial score (nSPS) is 12.1. The van der Waals surface area contributed by atoms with Crippen LogP contribution in [0.2, 0.25) is 0 Å². The van der Waals surface area contributed by atoms with Gasteiger partial charge in [0.25, 0.3) is 5.91 Å². The second kappa shape index (κ2) is 8.45. The van der Waals surface area contributed by atoms with Gasteiger partial charge in [-0.05, 0) is 36.8 Å². The highest BCUT2D eigenvalue weighted by atomic mass is 19.1. The van der Waals surface area contributed by atoms with Gasteiger partial charge in [0.2, 0.25) is 0 Å². The van der Waals surface area contributed by atoms with E-state index >= 15 is 0 Å². The third-order valence-corrected chi connectivity index (χ3v) is 3.25. The second-order valence-electron chi connectivity index (χ2n) is 5.10. The average molecular weight is 342 g/mol. The molecule has 0 unspecified atom stereocenters. The average Bonchev–Trinajstić information content (AvgIpc) is 3.11. The largest absolute Gasteiger partial charge is 0.465 e. The second-order valence-corrected chi connectivity index (χ2v) is 5.10. The van der Waals surface area contributed by atoms with E-state index in [0.29, 0.717) is 11.3 Å².